The molecule has 104 valence electrons. The van der Waals surface area contributed by atoms with Gasteiger partial charge in [0.2, 0.25) is 0 Å². The van der Waals surface area contributed by atoms with Gasteiger partial charge in [0.05, 0.1) is 26.4 Å². The second-order valence-corrected chi connectivity index (χ2v) is 3.35. The summed E-state index contributed by atoms with van der Waals surface area (Å²) in [5, 5.41) is 42.0. The summed E-state index contributed by atoms with van der Waals surface area (Å²) in [6.45, 7) is 1.04. The van der Waals surface area contributed by atoms with E-state index in [2.05, 4.69) is 0 Å². The molecule has 0 aliphatic rings. The molecule has 0 aliphatic heterocycles. The fourth-order valence-corrected chi connectivity index (χ4v) is 0.659. The van der Waals surface area contributed by atoms with Gasteiger partial charge in [-0.1, -0.05) is 6.92 Å². The number of aliphatic hydroxyl groups is 4. The Labute approximate surface area is 100 Å². The van der Waals surface area contributed by atoms with Gasteiger partial charge < -0.3 is 30.3 Å². The lowest BCUT2D eigenvalue weighted by molar-refractivity contribution is -0.137. The second kappa shape index (κ2) is 13.3. The Morgan fingerprint density at radius 1 is 1.12 bits per heavy atom. The van der Waals surface area contributed by atoms with Gasteiger partial charge in [0.25, 0.3) is 0 Å². The number of ether oxygens (including phenoxy) is 1. The number of aliphatic carboxylic acids is 1. The Morgan fingerprint density at radius 3 is 1.71 bits per heavy atom. The quantitative estimate of drug-likeness (QED) is 0.359. The monoisotopic (exact) mass is 254 g/mol. The predicted octanol–water partition coefficient (Wildman–Crippen LogP) is -1.42. The van der Waals surface area contributed by atoms with E-state index in [4.69, 9.17) is 30.3 Å². The van der Waals surface area contributed by atoms with Gasteiger partial charge in [0, 0.05) is 6.42 Å². The highest BCUT2D eigenvalue weighted by Gasteiger charge is 2.04. The van der Waals surface area contributed by atoms with Crippen molar-refractivity contribution in [1.82, 2.24) is 0 Å². The molecule has 0 bridgehead atoms. The van der Waals surface area contributed by atoms with Crippen LogP contribution in [0.5, 0.6) is 0 Å². The number of hydrogen-bond donors (Lipinski definition) is 5. The van der Waals surface area contributed by atoms with Crippen molar-refractivity contribution >= 4 is 5.97 Å². The molecule has 7 heteroatoms. The van der Waals surface area contributed by atoms with Crippen molar-refractivity contribution in [2.45, 2.75) is 32.0 Å². The average molecular weight is 254 g/mol. The Morgan fingerprint density at radius 2 is 1.53 bits per heavy atom. The standard InChI is InChI=1S/C6H14O5.C4H8O2/c7-1-5(9)3-11-4-6(10)2-8;1-2-3-4(5)6/h5-10H,1-4H2;2-3H2,1H3,(H,5,6). The lowest BCUT2D eigenvalue weighted by Crippen LogP contribution is -2.25. The molecule has 0 aromatic rings. The third-order valence-electron chi connectivity index (χ3n) is 1.51. The maximum atomic E-state index is 9.60. The molecule has 0 aromatic carbocycles. The van der Waals surface area contributed by atoms with E-state index in [1.54, 1.807) is 0 Å². The summed E-state index contributed by atoms with van der Waals surface area (Å²) in [6.07, 6.45) is -0.809. The van der Waals surface area contributed by atoms with Crippen LogP contribution in [0.1, 0.15) is 19.8 Å². The van der Waals surface area contributed by atoms with Crippen LogP contribution in [0.2, 0.25) is 0 Å². The highest BCUT2D eigenvalue weighted by Crippen LogP contribution is 1.87. The van der Waals surface area contributed by atoms with E-state index in [0.717, 1.165) is 6.42 Å². The van der Waals surface area contributed by atoms with Gasteiger partial charge in [-0.15, -0.1) is 0 Å². The van der Waals surface area contributed by atoms with Gasteiger partial charge in [-0.3, -0.25) is 4.79 Å². The number of aliphatic hydroxyl groups excluding tert-OH is 4. The lowest BCUT2D eigenvalue weighted by atomic mass is 10.4. The van der Waals surface area contributed by atoms with Crippen molar-refractivity contribution in [3.05, 3.63) is 0 Å². The molecular weight excluding hydrogens is 232 g/mol. The first-order valence-electron chi connectivity index (χ1n) is 5.35. The van der Waals surface area contributed by atoms with Gasteiger partial charge in [-0.25, -0.2) is 0 Å². The molecule has 17 heavy (non-hydrogen) atoms. The maximum absolute atomic E-state index is 9.60. The normalized spacial score (nSPS) is 13.5. The number of carboxylic acids is 1. The first-order valence-corrected chi connectivity index (χ1v) is 5.35. The number of rotatable bonds is 8. The fraction of sp³-hybridized carbons (Fsp3) is 0.900. The topological polar surface area (TPSA) is 127 Å². The minimum absolute atomic E-state index is 0.0342. The zero-order valence-electron chi connectivity index (χ0n) is 9.95. The Kier molecular flexibility index (Phi) is 14.6. The molecule has 0 saturated carbocycles. The van der Waals surface area contributed by atoms with E-state index in [1.807, 2.05) is 6.92 Å². The largest absolute Gasteiger partial charge is 0.481 e. The van der Waals surface area contributed by atoms with Gasteiger partial charge in [-0.2, -0.15) is 0 Å². The third-order valence-corrected chi connectivity index (χ3v) is 1.51. The van der Waals surface area contributed by atoms with E-state index < -0.39 is 18.2 Å². The van der Waals surface area contributed by atoms with Crippen LogP contribution < -0.4 is 0 Å². The van der Waals surface area contributed by atoms with Crippen LogP contribution in [0, 0.1) is 0 Å². The third kappa shape index (κ3) is 17.9. The molecule has 0 heterocycles. The first kappa shape index (κ1) is 18.6. The number of hydrogen-bond acceptors (Lipinski definition) is 6. The molecular formula is C10H22O7. The molecule has 0 rings (SSSR count). The van der Waals surface area contributed by atoms with E-state index >= 15 is 0 Å². The Hall–Kier alpha value is -0.730. The summed E-state index contributed by atoms with van der Waals surface area (Å²) in [6, 6.07) is 0. The van der Waals surface area contributed by atoms with Crippen LogP contribution in [0.3, 0.4) is 0 Å². The fourth-order valence-electron chi connectivity index (χ4n) is 0.659. The Balaban J connectivity index is 0. The van der Waals surface area contributed by atoms with E-state index in [0.29, 0.717) is 6.42 Å². The summed E-state index contributed by atoms with van der Waals surface area (Å²) < 4.78 is 4.72. The summed E-state index contributed by atoms with van der Waals surface area (Å²) in [4.78, 5) is 9.60. The van der Waals surface area contributed by atoms with Crippen molar-refractivity contribution in [2.75, 3.05) is 26.4 Å². The molecule has 2 unspecified atom stereocenters. The SMILES string of the molecule is CCCC(=O)O.OCC(O)COCC(O)CO. The summed E-state index contributed by atoms with van der Waals surface area (Å²) in [5.41, 5.74) is 0. The molecule has 0 spiro atoms. The number of carboxylic acid groups (broad SMARTS) is 1. The molecule has 0 amide bonds. The summed E-state index contributed by atoms with van der Waals surface area (Å²) in [5.74, 6) is -0.711. The molecule has 0 saturated heterocycles. The van der Waals surface area contributed by atoms with Gasteiger partial charge in [0.1, 0.15) is 12.2 Å². The Bertz CT molecular complexity index is 164. The van der Waals surface area contributed by atoms with Gasteiger partial charge >= 0.3 is 5.97 Å². The summed E-state index contributed by atoms with van der Waals surface area (Å²) >= 11 is 0. The molecule has 2 atom stereocenters. The van der Waals surface area contributed by atoms with Gasteiger partial charge in [-0.05, 0) is 6.42 Å². The van der Waals surface area contributed by atoms with E-state index in [-0.39, 0.29) is 26.4 Å². The highest BCUT2D eigenvalue weighted by atomic mass is 16.5. The lowest BCUT2D eigenvalue weighted by Gasteiger charge is -2.10. The van der Waals surface area contributed by atoms with Crippen molar-refractivity contribution in [1.29, 1.82) is 0 Å². The minimum atomic E-state index is -0.916. The maximum Gasteiger partial charge on any atom is 0.303 e. The van der Waals surface area contributed by atoms with Crippen molar-refractivity contribution in [2.24, 2.45) is 0 Å². The van der Waals surface area contributed by atoms with Crippen LogP contribution in [-0.4, -0.2) is 70.1 Å². The van der Waals surface area contributed by atoms with Gasteiger partial charge in [0.15, 0.2) is 0 Å². The average Bonchev–Trinajstić information content (AvgIpc) is 2.29. The van der Waals surface area contributed by atoms with E-state index in [1.165, 1.54) is 0 Å². The van der Waals surface area contributed by atoms with Crippen LogP contribution in [0.25, 0.3) is 0 Å². The minimum Gasteiger partial charge on any atom is -0.481 e. The van der Waals surface area contributed by atoms with Crippen LogP contribution in [-0.2, 0) is 9.53 Å². The van der Waals surface area contributed by atoms with Crippen molar-refractivity contribution < 1.29 is 35.1 Å². The zero-order valence-corrected chi connectivity index (χ0v) is 9.95. The summed E-state index contributed by atoms with van der Waals surface area (Å²) in [7, 11) is 0. The molecule has 0 aromatic heterocycles. The first-order chi connectivity index (χ1) is 7.97. The zero-order chi connectivity index (χ0) is 13.7. The van der Waals surface area contributed by atoms with Crippen molar-refractivity contribution in [3.63, 3.8) is 0 Å². The second-order valence-electron chi connectivity index (χ2n) is 3.35. The molecule has 0 fully saturated rings. The van der Waals surface area contributed by atoms with Crippen molar-refractivity contribution in [3.8, 4) is 0 Å². The molecule has 7 nitrogen and oxygen atoms in total. The predicted molar refractivity (Wildman–Crippen MR) is 59.5 cm³/mol. The van der Waals surface area contributed by atoms with E-state index in [9.17, 15) is 4.79 Å². The van der Waals surface area contributed by atoms with Crippen LogP contribution in [0.15, 0.2) is 0 Å². The number of carbonyl (C=O) groups is 1. The molecule has 5 N–H and O–H groups in total. The molecule has 0 aliphatic carbocycles. The van der Waals surface area contributed by atoms with Crippen LogP contribution in [0.4, 0.5) is 0 Å². The molecule has 0 radical (unpaired) electrons. The van der Waals surface area contributed by atoms with Crippen LogP contribution >= 0.6 is 0 Å². The smallest absolute Gasteiger partial charge is 0.303 e. The highest BCUT2D eigenvalue weighted by molar-refractivity contribution is 5.66.